The summed E-state index contributed by atoms with van der Waals surface area (Å²) in [5, 5.41) is 10.7. The molecule has 0 bridgehead atoms. The van der Waals surface area contributed by atoms with E-state index in [9.17, 15) is 8.42 Å². The standard InChI is InChI=1S/C18H30N4O2S2/c1-6-22(7-2)26(23,24)16-9-8-15(25-16)10-11-19-12-14-13-20-21-17(14)18(3,4)5/h8-9,13,19H,6-7,10-12H2,1-5H3,(H,20,21). The van der Waals surface area contributed by atoms with Crippen LogP contribution in [-0.2, 0) is 28.4 Å². The van der Waals surface area contributed by atoms with Crippen molar-refractivity contribution in [1.82, 2.24) is 19.8 Å². The van der Waals surface area contributed by atoms with Gasteiger partial charge in [0.2, 0.25) is 0 Å². The SMILES string of the molecule is CCN(CC)S(=O)(=O)c1ccc(CCNCc2cn[nH]c2C(C)(C)C)s1. The largest absolute Gasteiger partial charge is 0.312 e. The van der Waals surface area contributed by atoms with Crippen LogP contribution < -0.4 is 5.32 Å². The van der Waals surface area contributed by atoms with Crippen LogP contribution in [0.4, 0.5) is 0 Å². The van der Waals surface area contributed by atoms with Crippen molar-refractivity contribution < 1.29 is 8.42 Å². The van der Waals surface area contributed by atoms with E-state index in [-0.39, 0.29) is 5.41 Å². The molecule has 146 valence electrons. The Hall–Kier alpha value is -1.22. The van der Waals surface area contributed by atoms with Crippen molar-refractivity contribution in [2.24, 2.45) is 0 Å². The Balaban J connectivity index is 1.90. The predicted octanol–water partition coefficient (Wildman–Crippen LogP) is 3.13. The van der Waals surface area contributed by atoms with Crippen LogP contribution in [0.2, 0.25) is 0 Å². The molecule has 2 N–H and O–H groups in total. The summed E-state index contributed by atoms with van der Waals surface area (Å²) in [6, 6.07) is 3.64. The Kier molecular flexibility index (Phi) is 7.01. The van der Waals surface area contributed by atoms with Crippen molar-refractivity contribution in [2.45, 2.75) is 57.2 Å². The van der Waals surface area contributed by atoms with Crippen molar-refractivity contribution in [3.8, 4) is 0 Å². The first-order chi connectivity index (χ1) is 12.2. The number of hydrogen-bond acceptors (Lipinski definition) is 5. The van der Waals surface area contributed by atoms with Gasteiger partial charge >= 0.3 is 0 Å². The predicted molar refractivity (Wildman–Crippen MR) is 107 cm³/mol. The highest BCUT2D eigenvalue weighted by Crippen LogP contribution is 2.25. The first kappa shape index (κ1) is 21.1. The van der Waals surface area contributed by atoms with Crippen molar-refractivity contribution in [3.05, 3.63) is 34.5 Å². The Bertz CT molecular complexity index is 799. The molecule has 0 fully saturated rings. The summed E-state index contributed by atoms with van der Waals surface area (Å²) in [6.07, 6.45) is 2.68. The third-order valence-corrected chi connectivity index (χ3v) is 7.93. The van der Waals surface area contributed by atoms with Crippen LogP contribution in [-0.4, -0.2) is 42.6 Å². The summed E-state index contributed by atoms with van der Waals surface area (Å²) >= 11 is 1.37. The molecule has 0 aliphatic carbocycles. The van der Waals surface area contributed by atoms with E-state index in [0.717, 1.165) is 30.1 Å². The van der Waals surface area contributed by atoms with Gasteiger partial charge in [0, 0.05) is 47.7 Å². The van der Waals surface area contributed by atoms with E-state index in [4.69, 9.17) is 0 Å². The topological polar surface area (TPSA) is 78.1 Å². The third kappa shape index (κ3) is 4.94. The lowest BCUT2D eigenvalue weighted by molar-refractivity contribution is 0.447. The van der Waals surface area contributed by atoms with Gasteiger partial charge in [0.1, 0.15) is 4.21 Å². The quantitative estimate of drug-likeness (QED) is 0.636. The number of aromatic nitrogens is 2. The van der Waals surface area contributed by atoms with Crippen LogP contribution >= 0.6 is 11.3 Å². The summed E-state index contributed by atoms with van der Waals surface area (Å²) < 4.78 is 27.0. The maximum Gasteiger partial charge on any atom is 0.252 e. The molecule has 0 saturated heterocycles. The molecule has 2 aromatic heterocycles. The molecule has 0 unspecified atom stereocenters. The normalized spacial score (nSPS) is 12.8. The van der Waals surface area contributed by atoms with E-state index in [0.29, 0.717) is 17.3 Å². The molecule has 2 heterocycles. The lowest BCUT2D eigenvalue weighted by Gasteiger charge is -2.18. The highest BCUT2D eigenvalue weighted by molar-refractivity contribution is 7.91. The second-order valence-electron chi connectivity index (χ2n) is 7.26. The minimum atomic E-state index is -3.35. The first-order valence-electron chi connectivity index (χ1n) is 9.02. The van der Waals surface area contributed by atoms with Gasteiger partial charge in [0.05, 0.1) is 6.20 Å². The maximum absolute atomic E-state index is 12.5. The van der Waals surface area contributed by atoms with Crippen molar-refractivity contribution >= 4 is 21.4 Å². The van der Waals surface area contributed by atoms with E-state index in [1.807, 2.05) is 26.1 Å². The number of H-pyrrole nitrogens is 1. The van der Waals surface area contributed by atoms with E-state index < -0.39 is 10.0 Å². The second-order valence-corrected chi connectivity index (χ2v) is 10.6. The molecule has 6 nitrogen and oxygen atoms in total. The number of hydrogen-bond donors (Lipinski definition) is 2. The third-order valence-electron chi connectivity index (χ3n) is 4.27. The summed E-state index contributed by atoms with van der Waals surface area (Å²) in [4.78, 5) is 1.08. The Morgan fingerprint density at radius 3 is 2.54 bits per heavy atom. The van der Waals surface area contributed by atoms with Crippen LogP contribution in [0.3, 0.4) is 0 Å². The number of aromatic amines is 1. The number of nitrogens with zero attached hydrogens (tertiary/aromatic N) is 2. The zero-order valence-corrected chi connectivity index (χ0v) is 17.9. The number of rotatable bonds is 9. The molecule has 2 rings (SSSR count). The molecular formula is C18H30N4O2S2. The zero-order chi connectivity index (χ0) is 19.4. The van der Waals surface area contributed by atoms with Gasteiger partial charge in [-0.05, 0) is 18.6 Å². The van der Waals surface area contributed by atoms with Crippen LogP contribution in [0.1, 0.15) is 50.8 Å². The van der Waals surface area contributed by atoms with Crippen LogP contribution in [0.25, 0.3) is 0 Å². The fourth-order valence-electron chi connectivity index (χ4n) is 2.85. The molecule has 8 heteroatoms. The van der Waals surface area contributed by atoms with Crippen LogP contribution in [0.5, 0.6) is 0 Å². The van der Waals surface area contributed by atoms with Gasteiger partial charge in [-0.3, -0.25) is 5.10 Å². The van der Waals surface area contributed by atoms with Gasteiger partial charge in [-0.1, -0.05) is 34.6 Å². The highest BCUT2D eigenvalue weighted by atomic mass is 32.2. The smallest absolute Gasteiger partial charge is 0.252 e. The molecule has 0 atom stereocenters. The van der Waals surface area contributed by atoms with Crippen molar-refractivity contribution in [3.63, 3.8) is 0 Å². The molecule has 2 aromatic rings. The first-order valence-corrected chi connectivity index (χ1v) is 11.3. The minimum absolute atomic E-state index is 0.0367. The van der Waals surface area contributed by atoms with Crippen molar-refractivity contribution in [1.29, 1.82) is 0 Å². The van der Waals surface area contributed by atoms with Crippen LogP contribution in [0.15, 0.2) is 22.5 Å². The van der Waals surface area contributed by atoms with Crippen molar-refractivity contribution in [2.75, 3.05) is 19.6 Å². The summed E-state index contributed by atoms with van der Waals surface area (Å²) in [5.41, 5.74) is 2.36. The summed E-state index contributed by atoms with van der Waals surface area (Å²) in [6.45, 7) is 12.7. The van der Waals surface area contributed by atoms with E-state index in [1.165, 1.54) is 21.2 Å². The van der Waals surface area contributed by atoms with E-state index in [2.05, 4.69) is 36.3 Å². The molecule has 0 aromatic carbocycles. The molecule has 0 saturated carbocycles. The molecule has 0 spiro atoms. The molecule has 0 amide bonds. The Labute approximate surface area is 161 Å². The van der Waals surface area contributed by atoms with E-state index in [1.54, 1.807) is 6.07 Å². The van der Waals surface area contributed by atoms with Gasteiger partial charge in [0.15, 0.2) is 0 Å². The van der Waals surface area contributed by atoms with Gasteiger partial charge in [-0.15, -0.1) is 11.3 Å². The van der Waals surface area contributed by atoms with Gasteiger partial charge in [-0.2, -0.15) is 9.40 Å². The van der Waals surface area contributed by atoms with Gasteiger partial charge in [0.25, 0.3) is 10.0 Å². The van der Waals surface area contributed by atoms with Gasteiger partial charge in [-0.25, -0.2) is 8.42 Å². The minimum Gasteiger partial charge on any atom is -0.312 e. The highest BCUT2D eigenvalue weighted by Gasteiger charge is 2.23. The lowest BCUT2D eigenvalue weighted by atomic mass is 9.89. The molecular weight excluding hydrogens is 368 g/mol. The lowest BCUT2D eigenvalue weighted by Crippen LogP contribution is -2.29. The fraction of sp³-hybridized carbons (Fsp3) is 0.611. The average Bonchev–Trinajstić information content (AvgIpc) is 3.21. The van der Waals surface area contributed by atoms with Gasteiger partial charge < -0.3 is 5.32 Å². The molecule has 0 aliphatic rings. The second kappa shape index (κ2) is 8.65. The van der Waals surface area contributed by atoms with E-state index >= 15 is 0 Å². The average molecular weight is 399 g/mol. The summed E-state index contributed by atoms with van der Waals surface area (Å²) in [5.74, 6) is 0. The molecule has 0 aliphatic heterocycles. The monoisotopic (exact) mass is 398 g/mol. The Morgan fingerprint density at radius 2 is 1.92 bits per heavy atom. The van der Waals surface area contributed by atoms with Crippen LogP contribution in [0, 0.1) is 0 Å². The summed E-state index contributed by atoms with van der Waals surface area (Å²) in [7, 11) is -3.35. The zero-order valence-electron chi connectivity index (χ0n) is 16.3. The molecule has 0 radical (unpaired) electrons. The fourth-order valence-corrected chi connectivity index (χ4v) is 5.82. The molecule has 26 heavy (non-hydrogen) atoms. The number of sulfonamides is 1. The number of thiophene rings is 1. The Morgan fingerprint density at radius 1 is 1.23 bits per heavy atom. The number of nitrogens with one attached hydrogen (secondary N) is 2. The maximum atomic E-state index is 12.5.